The van der Waals surface area contributed by atoms with Crippen molar-refractivity contribution in [3.05, 3.63) is 42.2 Å². The first kappa shape index (κ1) is 19.1. The second kappa shape index (κ2) is 9.92. The van der Waals surface area contributed by atoms with Crippen LogP contribution in [-0.2, 0) is 11.2 Å². The monoisotopic (exact) mass is 340 g/mol. The Balaban J connectivity index is 1.94. The molecule has 0 aliphatic heterocycles. The molecule has 0 N–H and O–H groups in total. The molecule has 1 heterocycles. The molecule has 0 radical (unpaired) electrons. The average molecular weight is 340 g/mol. The average Bonchev–Trinajstić information content (AvgIpc) is 2.65. The van der Waals surface area contributed by atoms with Crippen LogP contribution >= 0.6 is 0 Å². The molecule has 1 unspecified atom stereocenters. The van der Waals surface area contributed by atoms with Crippen molar-refractivity contribution in [3.8, 4) is 17.1 Å². The third-order valence-electron chi connectivity index (χ3n) is 4.37. The Labute approximate surface area is 150 Å². The molecule has 0 amide bonds. The van der Waals surface area contributed by atoms with Gasteiger partial charge < -0.3 is 4.74 Å². The zero-order chi connectivity index (χ0) is 18.1. The number of aryl methyl sites for hydroxylation is 1. The number of rotatable bonds is 9. The Morgan fingerprint density at radius 1 is 1.04 bits per heavy atom. The summed E-state index contributed by atoms with van der Waals surface area (Å²) in [6.45, 7) is 6.06. The molecule has 0 aliphatic rings. The van der Waals surface area contributed by atoms with Crippen molar-refractivity contribution in [2.75, 3.05) is 0 Å². The highest BCUT2D eigenvalue weighted by Crippen LogP contribution is 2.20. The van der Waals surface area contributed by atoms with Crippen LogP contribution in [0.15, 0.2) is 36.7 Å². The highest BCUT2D eigenvalue weighted by molar-refractivity contribution is 5.74. The summed E-state index contributed by atoms with van der Waals surface area (Å²) in [7, 11) is 0. The van der Waals surface area contributed by atoms with E-state index in [1.165, 1.54) is 31.2 Å². The topological polar surface area (TPSA) is 52.1 Å². The number of unbranched alkanes of at least 4 members (excludes halogenated alkanes) is 3. The van der Waals surface area contributed by atoms with Crippen LogP contribution in [0.4, 0.5) is 0 Å². The maximum absolute atomic E-state index is 11.8. The predicted octanol–water partition coefficient (Wildman–Crippen LogP) is 5.22. The van der Waals surface area contributed by atoms with Gasteiger partial charge in [0.2, 0.25) is 0 Å². The van der Waals surface area contributed by atoms with E-state index < -0.39 is 0 Å². The Kier molecular flexibility index (Phi) is 7.58. The summed E-state index contributed by atoms with van der Waals surface area (Å²) in [5.74, 6) is 0.963. The van der Waals surface area contributed by atoms with Crippen LogP contribution in [0.25, 0.3) is 11.4 Å². The van der Waals surface area contributed by atoms with Crippen LogP contribution in [0.1, 0.15) is 58.4 Å². The molecule has 0 spiro atoms. The number of nitrogens with zero attached hydrogens (tertiary/aromatic N) is 2. The van der Waals surface area contributed by atoms with Gasteiger partial charge >= 0.3 is 5.97 Å². The number of aromatic nitrogens is 2. The van der Waals surface area contributed by atoms with Crippen LogP contribution < -0.4 is 4.74 Å². The molecule has 1 aromatic carbocycles. The van der Waals surface area contributed by atoms with Gasteiger partial charge in [-0.05, 0) is 49.1 Å². The fourth-order valence-electron chi connectivity index (χ4n) is 2.44. The first-order valence-corrected chi connectivity index (χ1v) is 9.27. The minimum atomic E-state index is -0.195. The molecule has 0 saturated carbocycles. The standard InChI is InChI=1S/C21H28N2O2/c1-4-6-7-8-9-17-14-22-20(23-15-17)18-10-12-19(13-11-18)25-21(24)16(3)5-2/h10-16H,4-9H2,1-3H3. The lowest BCUT2D eigenvalue weighted by Gasteiger charge is -2.09. The van der Waals surface area contributed by atoms with E-state index in [0.29, 0.717) is 11.6 Å². The van der Waals surface area contributed by atoms with Gasteiger partial charge in [0, 0.05) is 18.0 Å². The third kappa shape index (κ3) is 5.96. The van der Waals surface area contributed by atoms with E-state index >= 15 is 0 Å². The molecule has 0 fully saturated rings. The second-order valence-electron chi connectivity index (χ2n) is 6.48. The number of carbonyl (C=O) groups excluding carboxylic acids is 1. The van der Waals surface area contributed by atoms with E-state index in [9.17, 15) is 4.79 Å². The lowest BCUT2D eigenvalue weighted by Crippen LogP contribution is -2.16. The maximum atomic E-state index is 11.8. The van der Waals surface area contributed by atoms with Crippen molar-refractivity contribution < 1.29 is 9.53 Å². The van der Waals surface area contributed by atoms with Gasteiger partial charge in [0.1, 0.15) is 5.75 Å². The second-order valence-corrected chi connectivity index (χ2v) is 6.48. The molecule has 2 rings (SSSR count). The largest absolute Gasteiger partial charge is 0.426 e. The van der Waals surface area contributed by atoms with Crippen LogP contribution in [-0.4, -0.2) is 15.9 Å². The Morgan fingerprint density at radius 2 is 1.72 bits per heavy atom. The van der Waals surface area contributed by atoms with Crippen molar-refractivity contribution in [3.63, 3.8) is 0 Å². The van der Waals surface area contributed by atoms with Crippen LogP contribution in [0.5, 0.6) is 5.75 Å². The van der Waals surface area contributed by atoms with E-state index in [1.807, 2.05) is 38.4 Å². The molecule has 4 heteroatoms. The van der Waals surface area contributed by atoms with Gasteiger partial charge in [0.05, 0.1) is 5.92 Å². The molecule has 0 aliphatic carbocycles. The normalized spacial score (nSPS) is 12.0. The summed E-state index contributed by atoms with van der Waals surface area (Å²) in [4.78, 5) is 20.7. The van der Waals surface area contributed by atoms with E-state index in [1.54, 1.807) is 12.1 Å². The van der Waals surface area contributed by atoms with Crippen molar-refractivity contribution in [2.24, 2.45) is 5.92 Å². The summed E-state index contributed by atoms with van der Waals surface area (Å²) < 4.78 is 5.36. The van der Waals surface area contributed by atoms with E-state index in [2.05, 4.69) is 16.9 Å². The molecular weight excluding hydrogens is 312 g/mol. The third-order valence-corrected chi connectivity index (χ3v) is 4.37. The van der Waals surface area contributed by atoms with Crippen molar-refractivity contribution in [1.29, 1.82) is 0 Å². The van der Waals surface area contributed by atoms with Gasteiger partial charge in [-0.25, -0.2) is 9.97 Å². The maximum Gasteiger partial charge on any atom is 0.314 e. The Hall–Kier alpha value is -2.23. The molecule has 134 valence electrons. The molecule has 4 nitrogen and oxygen atoms in total. The lowest BCUT2D eigenvalue weighted by molar-refractivity contribution is -0.138. The summed E-state index contributed by atoms with van der Waals surface area (Å²) in [6.07, 6.45) is 10.6. The minimum Gasteiger partial charge on any atom is -0.426 e. The zero-order valence-electron chi connectivity index (χ0n) is 15.5. The number of benzene rings is 1. The summed E-state index contributed by atoms with van der Waals surface area (Å²) in [6, 6.07) is 7.35. The highest BCUT2D eigenvalue weighted by Gasteiger charge is 2.13. The number of esters is 1. The van der Waals surface area contributed by atoms with Gasteiger partial charge in [-0.3, -0.25) is 4.79 Å². The molecule has 0 saturated heterocycles. The Bertz CT molecular complexity index is 651. The quantitative estimate of drug-likeness (QED) is 0.357. The van der Waals surface area contributed by atoms with Crippen molar-refractivity contribution >= 4 is 5.97 Å². The first-order valence-electron chi connectivity index (χ1n) is 9.27. The van der Waals surface area contributed by atoms with Crippen LogP contribution in [0.2, 0.25) is 0 Å². The van der Waals surface area contributed by atoms with Gasteiger partial charge in [0.15, 0.2) is 5.82 Å². The van der Waals surface area contributed by atoms with Crippen LogP contribution in [0.3, 0.4) is 0 Å². The summed E-state index contributed by atoms with van der Waals surface area (Å²) >= 11 is 0. The van der Waals surface area contributed by atoms with E-state index in [4.69, 9.17) is 4.74 Å². The van der Waals surface area contributed by atoms with Crippen molar-refractivity contribution in [2.45, 2.75) is 59.3 Å². The lowest BCUT2D eigenvalue weighted by atomic mass is 10.1. The zero-order valence-corrected chi connectivity index (χ0v) is 15.5. The van der Waals surface area contributed by atoms with Gasteiger partial charge in [0.25, 0.3) is 0 Å². The highest BCUT2D eigenvalue weighted by atomic mass is 16.5. The molecule has 1 atom stereocenters. The fourth-order valence-corrected chi connectivity index (χ4v) is 2.44. The first-order chi connectivity index (χ1) is 12.1. The van der Waals surface area contributed by atoms with Gasteiger partial charge in [-0.15, -0.1) is 0 Å². The van der Waals surface area contributed by atoms with Crippen molar-refractivity contribution in [1.82, 2.24) is 9.97 Å². The summed E-state index contributed by atoms with van der Waals surface area (Å²) in [5, 5.41) is 0. The molecule has 0 bridgehead atoms. The number of hydrogen-bond donors (Lipinski definition) is 0. The number of hydrogen-bond acceptors (Lipinski definition) is 4. The summed E-state index contributed by atoms with van der Waals surface area (Å²) in [5.41, 5.74) is 2.10. The fraction of sp³-hybridized carbons (Fsp3) is 0.476. The Morgan fingerprint density at radius 3 is 2.32 bits per heavy atom. The van der Waals surface area contributed by atoms with Gasteiger partial charge in [-0.2, -0.15) is 0 Å². The minimum absolute atomic E-state index is 0.0899. The van der Waals surface area contributed by atoms with E-state index in [-0.39, 0.29) is 11.9 Å². The smallest absolute Gasteiger partial charge is 0.314 e. The number of ether oxygens (including phenoxy) is 1. The molecular formula is C21H28N2O2. The molecule has 2 aromatic rings. The predicted molar refractivity (Wildman–Crippen MR) is 100 cm³/mol. The number of carbonyl (C=O) groups is 1. The van der Waals surface area contributed by atoms with E-state index in [0.717, 1.165) is 18.4 Å². The van der Waals surface area contributed by atoms with Gasteiger partial charge in [-0.1, -0.05) is 40.0 Å². The SMILES string of the molecule is CCCCCCc1cnc(-c2ccc(OC(=O)C(C)CC)cc2)nc1. The molecule has 1 aromatic heterocycles. The molecule has 25 heavy (non-hydrogen) atoms. The van der Waals surface area contributed by atoms with Crippen LogP contribution in [0, 0.1) is 5.92 Å².